The van der Waals surface area contributed by atoms with Gasteiger partial charge < -0.3 is 15.0 Å². The molecule has 0 saturated carbocycles. The molecule has 0 radical (unpaired) electrons. The van der Waals surface area contributed by atoms with Crippen molar-refractivity contribution in [3.8, 4) is 23.0 Å². The first-order chi connectivity index (χ1) is 14.2. The molecule has 2 N–H and O–H groups in total. The SMILES string of the molecule is CCc1nccn1CC#Cc1ccc(-c2ccc(COCC(N)CC)cc2)cc1. The number of nitrogens with zero attached hydrogens (tertiary/aromatic N) is 2. The van der Waals surface area contributed by atoms with Crippen molar-refractivity contribution in [3.63, 3.8) is 0 Å². The third-order valence-corrected chi connectivity index (χ3v) is 4.90. The van der Waals surface area contributed by atoms with Crippen molar-refractivity contribution in [2.45, 2.75) is 45.9 Å². The van der Waals surface area contributed by atoms with Gasteiger partial charge in [-0.15, -0.1) is 0 Å². The third-order valence-electron chi connectivity index (χ3n) is 4.90. The van der Waals surface area contributed by atoms with E-state index in [1.807, 2.05) is 12.4 Å². The maximum absolute atomic E-state index is 5.88. The minimum absolute atomic E-state index is 0.115. The number of benzene rings is 2. The summed E-state index contributed by atoms with van der Waals surface area (Å²) < 4.78 is 7.75. The smallest absolute Gasteiger partial charge is 0.109 e. The quantitative estimate of drug-likeness (QED) is 0.582. The Bertz CT molecular complexity index is 946. The summed E-state index contributed by atoms with van der Waals surface area (Å²) in [6.07, 6.45) is 5.65. The molecule has 0 bridgehead atoms. The molecule has 0 saturated heterocycles. The molecule has 0 aliphatic heterocycles. The molecule has 0 aliphatic carbocycles. The van der Waals surface area contributed by atoms with Gasteiger partial charge in [0.15, 0.2) is 0 Å². The number of aryl methyl sites for hydroxylation is 1. The molecule has 0 fully saturated rings. The van der Waals surface area contributed by atoms with Gasteiger partial charge in [0, 0.05) is 30.4 Å². The molecule has 1 heterocycles. The first-order valence-electron chi connectivity index (χ1n) is 10.2. The third kappa shape index (κ3) is 6.05. The second kappa shape index (κ2) is 10.6. The fraction of sp³-hybridized carbons (Fsp3) is 0.320. The van der Waals surface area contributed by atoms with E-state index in [-0.39, 0.29) is 6.04 Å². The molecule has 0 amide bonds. The van der Waals surface area contributed by atoms with E-state index in [1.165, 1.54) is 11.1 Å². The molecule has 1 aromatic heterocycles. The monoisotopic (exact) mass is 387 g/mol. The van der Waals surface area contributed by atoms with E-state index >= 15 is 0 Å². The summed E-state index contributed by atoms with van der Waals surface area (Å²) in [6, 6.07) is 17.0. The van der Waals surface area contributed by atoms with Crippen LogP contribution in [0.3, 0.4) is 0 Å². The molecule has 2 aromatic carbocycles. The highest BCUT2D eigenvalue weighted by Crippen LogP contribution is 2.20. The van der Waals surface area contributed by atoms with E-state index < -0.39 is 0 Å². The zero-order valence-electron chi connectivity index (χ0n) is 17.3. The summed E-state index contributed by atoms with van der Waals surface area (Å²) in [4.78, 5) is 4.32. The summed E-state index contributed by atoms with van der Waals surface area (Å²) in [6.45, 7) is 6.03. The van der Waals surface area contributed by atoms with Crippen molar-refractivity contribution in [3.05, 3.63) is 77.9 Å². The molecule has 0 aliphatic rings. The van der Waals surface area contributed by atoms with Crippen molar-refractivity contribution < 1.29 is 4.74 Å². The lowest BCUT2D eigenvalue weighted by atomic mass is 10.0. The van der Waals surface area contributed by atoms with Gasteiger partial charge in [0.2, 0.25) is 0 Å². The number of imidazole rings is 1. The van der Waals surface area contributed by atoms with Crippen LogP contribution in [0.1, 0.15) is 37.2 Å². The van der Waals surface area contributed by atoms with Crippen LogP contribution >= 0.6 is 0 Å². The molecule has 150 valence electrons. The summed E-state index contributed by atoms with van der Waals surface area (Å²) in [7, 11) is 0. The highest BCUT2D eigenvalue weighted by atomic mass is 16.5. The zero-order valence-corrected chi connectivity index (χ0v) is 17.3. The van der Waals surface area contributed by atoms with Crippen molar-refractivity contribution in [1.82, 2.24) is 9.55 Å². The molecule has 29 heavy (non-hydrogen) atoms. The second-order valence-corrected chi connectivity index (χ2v) is 7.08. The highest BCUT2D eigenvalue weighted by molar-refractivity contribution is 5.64. The van der Waals surface area contributed by atoms with Gasteiger partial charge >= 0.3 is 0 Å². The molecule has 1 atom stereocenters. The molecule has 4 nitrogen and oxygen atoms in total. The van der Waals surface area contributed by atoms with Crippen LogP contribution in [0.5, 0.6) is 0 Å². The van der Waals surface area contributed by atoms with Gasteiger partial charge in [-0.3, -0.25) is 0 Å². The van der Waals surface area contributed by atoms with Crippen LogP contribution in [-0.4, -0.2) is 22.2 Å². The number of aromatic nitrogens is 2. The Hall–Kier alpha value is -2.87. The largest absolute Gasteiger partial charge is 0.375 e. The van der Waals surface area contributed by atoms with Gasteiger partial charge in [0.1, 0.15) is 5.82 Å². The van der Waals surface area contributed by atoms with Crippen LogP contribution in [-0.2, 0) is 24.3 Å². The first kappa shape index (κ1) is 20.9. The Morgan fingerprint density at radius 1 is 1.03 bits per heavy atom. The van der Waals surface area contributed by atoms with Crippen LogP contribution in [0.15, 0.2) is 60.9 Å². The molecule has 3 aromatic rings. The molecule has 3 rings (SSSR count). The molecular formula is C25H29N3O. The maximum atomic E-state index is 5.88. The van der Waals surface area contributed by atoms with Crippen molar-refractivity contribution in [2.24, 2.45) is 5.73 Å². The number of nitrogens with two attached hydrogens (primary N) is 1. The minimum atomic E-state index is 0.115. The van der Waals surface area contributed by atoms with Gasteiger partial charge in [-0.25, -0.2) is 4.98 Å². The van der Waals surface area contributed by atoms with Crippen molar-refractivity contribution >= 4 is 0 Å². The van der Waals surface area contributed by atoms with E-state index in [0.717, 1.165) is 29.8 Å². The Kier molecular flexibility index (Phi) is 7.63. The van der Waals surface area contributed by atoms with Gasteiger partial charge in [-0.2, -0.15) is 0 Å². The summed E-state index contributed by atoms with van der Waals surface area (Å²) >= 11 is 0. The van der Waals surface area contributed by atoms with Gasteiger partial charge in [0.25, 0.3) is 0 Å². The summed E-state index contributed by atoms with van der Waals surface area (Å²) in [5.74, 6) is 7.53. The van der Waals surface area contributed by atoms with Crippen LogP contribution in [0.4, 0.5) is 0 Å². The summed E-state index contributed by atoms with van der Waals surface area (Å²) in [5, 5.41) is 0. The van der Waals surface area contributed by atoms with Gasteiger partial charge in [0.05, 0.1) is 19.8 Å². The average molecular weight is 388 g/mol. The van der Waals surface area contributed by atoms with E-state index in [1.54, 1.807) is 0 Å². The minimum Gasteiger partial charge on any atom is -0.375 e. The number of ether oxygens (including phenoxy) is 1. The van der Waals surface area contributed by atoms with Crippen LogP contribution < -0.4 is 5.73 Å². The Morgan fingerprint density at radius 3 is 2.38 bits per heavy atom. The van der Waals surface area contributed by atoms with E-state index in [0.29, 0.717) is 19.8 Å². The number of rotatable bonds is 8. The van der Waals surface area contributed by atoms with Crippen molar-refractivity contribution in [2.75, 3.05) is 6.61 Å². The predicted molar refractivity (Wildman–Crippen MR) is 118 cm³/mol. The van der Waals surface area contributed by atoms with E-state index in [9.17, 15) is 0 Å². The zero-order chi connectivity index (χ0) is 20.5. The average Bonchev–Trinajstić information content (AvgIpc) is 3.22. The number of hydrogen-bond donors (Lipinski definition) is 1. The predicted octanol–water partition coefficient (Wildman–Crippen LogP) is 4.42. The topological polar surface area (TPSA) is 53.1 Å². The molecule has 1 unspecified atom stereocenters. The van der Waals surface area contributed by atoms with Crippen LogP contribution in [0.25, 0.3) is 11.1 Å². The van der Waals surface area contributed by atoms with Crippen LogP contribution in [0, 0.1) is 11.8 Å². The molecular weight excluding hydrogens is 358 g/mol. The fourth-order valence-corrected chi connectivity index (χ4v) is 3.01. The highest BCUT2D eigenvalue weighted by Gasteiger charge is 2.02. The normalized spacial score (nSPS) is 11.7. The Balaban J connectivity index is 1.57. The molecule has 0 spiro atoms. The van der Waals surface area contributed by atoms with E-state index in [2.05, 4.69) is 83.8 Å². The number of hydrogen-bond acceptors (Lipinski definition) is 3. The standard InChI is InChI=1S/C25H29N3O/c1-3-24(26)19-29-18-21-9-13-23(14-10-21)22-11-7-20(8-12-22)6-5-16-28-17-15-27-25(28)4-2/h7-15,17,24H,3-4,16,18-19,26H2,1-2H3. The molecule has 4 heteroatoms. The Morgan fingerprint density at radius 2 is 1.72 bits per heavy atom. The lowest BCUT2D eigenvalue weighted by molar-refractivity contribution is 0.107. The van der Waals surface area contributed by atoms with Gasteiger partial charge in [-0.05, 0) is 35.2 Å². The van der Waals surface area contributed by atoms with E-state index in [4.69, 9.17) is 10.5 Å². The van der Waals surface area contributed by atoms with Gasteiger partial charge in [-0.1, -0.05) is 62.1 Å². The first-order valence-corrected chi connectivity index (χ1v) is 10.2. The Labute approximate surface area is 173 Å². The van der Waals surface area contributed by atoms with Crippen molar-refractivity contribution in [1.29, 1.82) is 0 Å². The fourth-order valence-electron chi connectivity index (χ4n) is 3.01. The lowest BCUT2D eigenvalue weighted by Gasteiger charge is -2.10. The lowest BCUT2D eigenvalue weighted by Crippen LogP contribution is -2.24. The maximum Gasteiger partial charge on any atom is 0.109 e. The van der Waals surface area contributed by atoms with Crippen LogP contribution in [0.2, 0.25) is 0 Å². The summed E-state index contributed by atoms with van der Waals surface area (Å²) in [5.41, 5.74) is 10.4. The second-order valence-electron chi connectivity index (χ2n) is 7.08.